The maximum atomic E-state index is 3.63. The van der Waals surface area contributed by atoms with Crippen molar-refractivity contribution in [2.75, 3.05) is 6.54 Å². The van der Waals surface area contributed by atoms with Gasteiger partial charge >= 0.3 is 0 Å². The molecule has 0 saturated heterocycles. The van der Waals surface area contributed by atoms with Gasteiger partial charge in [-0.25, -0.2) is 0 Å². The Morgan fingerprint density at radius 1 is 1.50 bits per heavy atom. The first kappa shape index (κ1) is 11.9. The number of nitrogens with one attached hydrogen (secondary N) is 1. The summed E-state index contributed by atoms with van der Waals surface area (Å²) in [6.45, 7) is 3.14. The average molecular weight is 280 g/mol. The van der Waals surface area contributed by atoms with Gasteiger partial charge in [-0.1, -0.05) is 40.2 Å². The summed E-state index contributed by atoms with van der Waals surface area (Å²) in [5, 5.41) is 3.63. The standard InChI is InChI=1S/C14H18BrN/c1-2-3-4-10-16-14-9-8-11-12(14)6-5-7-13(11)15/h2-3,5-7,14,16H,4,8-10H2,1H3/b3-2+. The highest BCUT2D eigenvalue weighted by Crippen LogP contribution is 2.35. The predicted octanol–water partition coefficient (Wildman–Crippen LogP) is 3.99. The minimum absolute atomic E-state index is 0.553. The largest absolute Gasteiger partial charge is 0.310 e. The summed E-state index contributed by atoms with van der Waals surface area (Å²) in [6.07, 6.45) is 7.87. The van der Waals surface area contributed by atoms with E-state index in [2.05, 4.69) is 58.5 Å². The van der Waals surface area contributed by atoms with E-state index in [0.29, 0.717) is 6.04 Å². The van der Waals surface area contributed by atoms with Crippen LogP contribution in [0, 0.1) is 0 Å². The zero-order valence-corrected chi connectivity index (χ0v) is 11.3. The van der Waals surface area contributed by atoms with Gasteiger partial charge in [0.05, 0.1) is 0 Å². The van der Waals surface area contributed by atoms with Crippen molar-refractivity contribution in [1.29, 1.82) is 0 Å². The predicted molar refractivity (Wildman–Crippen MR) is 72.6 cm³/mol. The molecule has 0 heterocycles. The highest BCUT2D eigenvalue weighted by molar-refractivity contribution is 9.10. The fraction of sp³-hybridized carbons (Fsp3) is 0.429. The van der Waals surface area contributed by atoms with E-state index in [9.17, 15) is 0 Å². The molecule has 1 aliphatic rings. The lowest BCUT2D eigenvalue weighted by Crippen LogP contribution is -2.19. The lowest BCUT2D eigenvalue weighted by molar-refractivity contribution is 0.536. The third kappa shape index (κ3) is 2.55. The molecule has 16 heavy (non-hydrogen) atoms. The summed E-state index contributed by atoms with van der Waals surface area (Å²) >= 11 is 3.63. The number of rotatable bonds is 4. The molecule has 1 atom stereocenters. The average Bonchev–Trinajstić information content (AvgIpc) is 2.70. The summed E-state index contributed by atoms with van der Waals surface area (Å²) in [5.74, 6) is 0. The van der Waals surface area contributed by atoms with Crippen LogP contribution in [0.5, 0.6) is 0 Å². The van der Waals surface area contributed by atoms with Crippen molar-refractivity contribution < 1.29 is 0 Å². The van der Waals surface area contributed by atoms with Crippen LogP contribution in [-0.2, 0) is 6.42 Å². The Labute approximate surface area is 106 Å². The number of hydrogen-bond donors (Lipinski definition) is 1. The number of fused-ring (bicyclic) bond motifs is 1. The van der Waals surface area contributed by atoms with Crippen LogP contribution in [0.4, 0.5) is 0 Å². The van der Waals surface area contributed by atoms with E-state index in [1.807, 2.05) is 0 Å². The second-order valence-electron chi connectivity index (χ2n) is 4.21. The van der Waals surface area contributed by atoms with Crippen LogP contribution < -0.4 is 5.32 Å². The Kier molecular flexibility index (Phi) is 4.19. The van der Waals surface area contributed by atoms with E-state index in [1.54, 1.807) is 0 Å². The lowest BCUT2D eigenvalue weighted by Gasteiger charge is -2.13. The molecule has 1 aromatic carbocycles. The molecule has 0 spiro atoms. The zero-order chi connectivity index (χ0) is 11.4. The molecule has 0 saturated carbocycles. The van der Waals surface area contributed by atoms with Crippen molar-refractivity contribution in [3.63, 3.8) is 0 Å². The van der Waals surface area contributed by atoms with Gasteiger partial charge in [0.25, 0.3) is 0 Å². The Morgan fingerprint density at radius 3 is 3.19 bits per heavy atom. The molecular formula is C14H18BrN. The van der Waals surface area contributed by atoms with Crippen LogP contribution in [0.2, 0.25) is 0 Å². The van der Waals surface area contributed by atoms with E-state index < -0.39 is 0 Å². The maximum absolute atomic E-state index is 3.63. The van der Waals surface area contributed by atoms with Gasteiger partial charge in [-0.2, -0.15) is 0 Å². The summed E-state index contributed by atoms with van der Waals surface area (Å²) in [7, 11) is 0. The van der Waals surface area contributed by atoms with Gasteiger partial charge in [-0.05, 0) is 49.9 Å². The molecule has 0 bridgehead atoms. The van der Waals surface area contributed by atoms with Crippen molar-refractivity contribution in [3.05, 3.63) is 46.0 Å². The van der Waals surface area contributed by atoms with Crippen LogP contribution in [0.1, 0.15) is 36.9 Å². The highest BCUT2D eigenvalue weighted by atomic mass is 79.9. The Hall–Kier alpha value is -0.600. The first-order valence-electron chi connectivity index (χ1n) is 5.94. The summed E-state index contributed by atoms with van der Waals surface area (Å²) < 4.78 is 1.27. The number of allylic oxidation sites excluding steroid dienone is 1. The summed E-state index contributed by atoms with van der Waals surface area (Å²) in [5.41, 5.74) is 2.97. The molecule has 0 radical (unpaired) electrons. The third-order valence-electron chi connectivity index (χ3n) is 3.15. The first-order valence-corrected chi connectivity index (χ1v) is 6.74. The fourth-order valence-corrected chi connectivity index (χ4v) is 2.91. The quantitative estimate of drug-likeness (QED) is 0.649. The van der Waals surface area contributed by atoms with Crippen molar-refractivity contribution in [1.82, 2.24) is 5.32 Å². The number of benzene rings is 1. The molecule has 1 aliphatic carbocycles. The van der Waals surface area contributed by atoms with Crippen LogP contribution in [0.3, 0.4) is 0 Å². The Balaban J connectivity index is 1.98. The number of halogens is 1. The topological polar surface area (TPSA) is 12.0 Å². The number of hydrogen-bond acceptors (Lipinski definition) is 1. The molecule has 86 valence electrons. The van der Waals surface area contributed by atoms with Crippen LogP contribution in [0.15, 0.2) is 34.8 Å². The van der Waals surface area contributed by atoms with Crippen LogP contribution in [0.25, 0.3) is 0 Å². The van der Waals surface area contributed by atoms with Crippen LogP contribution >= 0.6 is 15.9 Å². The molecule has 1 nitrogen and oxygen atoms in total. The summed E-state index contributed by atoms with van der Waals surface area (Å²) in [6, 6.07) is 7.08. The van der Waals surface area contributed by atoms with Gasteiger partial charge in [0, 0.05) is 10.5 Å². The normalized spacial score (nSPS) is 19.2. The van der Waals surface area contributed by atoms with Crippen molar-refractivity contribution in [3.8, 4) is 0 Å². The van der Waals surface area contributed by atoms with Gasteiger partial charge in [0.1, 0.15) is 0 Å². The monoisotopic (exact) mass is 279 g/mol. The van der Waals surface area contributed by atoms with E-state index in [-0.39, 0.29) is 0 Å². The molecule has 0 fully saturated rings. The molecule has 2 rings (SSSR count). The molecule has 1 N–H and O–H groups in total. The second-order valence-corrected chi connectivity index (χ2v) is 5.07. The van der Waals surface area contributed by atoms with Gasteiger partial charge < -0.3 is 5.32 Å². The van der Waals surface area contributed by atoms with E-state index in [1.165, 1.54) is 28.4 Å². The van der Waals surface area contributed by atoms with Gasteiger partial charge in [0.15, 0.2) is 0 Å². The van der Waals surface area contributed by atoms with Crippen LogP contribution in [-0.4, -0.2) is 6.54 Å². The molecule has 0 amide bonds. The Morgan fingerprint density at radius 2 is 2.38 bits per heavy atom. The zero-order valence-electron chi connectivity index (χ0n) is 9.67. The smallest absolute Gasteiger partial charge is 0.0326 e. The van der Waals surface area contributed by atoms with E-state index in [4.69, 9.17) is 0 Å². The molecular weight excluding hydrogens is 262 g/mol. The Bertz CT molecular complexity index is 384. The SMILES string of the molecule is C/C=C/CCNC1CCc2c(Br)cccc21. The van der Waals surface area contributed by atoms with Crippen molar-refractivity contribution in [2.45, 2.75) is 32.2 Å². The van der Waals surface area contributed by atoms with Gasteiger partial charge in [0.2, 0.25) is 0 Å². The van der Waals surface area contributed by atoms with Gasteiger partial charge in [-0.3, -0.25) is 0 Å². The van der Waals surface area contributed by atoms with Crippen molar-refractivity contribution in [2.24, 2.45) is 0 Å². The molecule has 2 heteroatoms. The van der Waals surface area contributed by atoms with E-state index >= 15 is 0 Å². The first-order chi connectivity index (χ1) is 7.83. The van der Waals surface area contributed by atoms with E-state index in [0.717, 1.165) is 13.0 Å². The third-order valence-corrected chi connectivity index (χ3v) is 3.89. The minimum atomic E-state index is 0.553. The molecule has 0 aliphatic heterocycles. The molecule has 1 aromatic rings. The van der Waals surface area contributed by atoms with Gasteiger partial charge in [-0.15, -0.1) is 0 Å². The summed E-state index contributed by atoms with van der Waals surface area (Å²) in [4.78, 5) is 0. The highest BCUT2D eigenvalue weighted by Gasteiger charge is 2.22. The minimum Gasteiger partial charge on any atom is -0.310 e. The second kappa shape index (κ2) is 5.65. The van der Waals surface area contributed by atoms with Crippen molar-refractivity contribution >= 4 is 15.9 Å². The molecule has 0 aromatic heterocycles. The maximum Gasteiger partial charge on any atom is 0.0326 e. The molecule has 1 unspecified atom stereocenters. The lowest BCUT2D eigenvalue weighted by atomic mass is 10.1. The fourth-order valence-electron chi connectivity index (χ4n) is 2.33.